The third-order valence-corrected chi connectivity index (χ3v) is 8.55. The highest BCUT2D eigenvalue weighted by Gasteiger charge is 2.54. The van der Waals surface area contributed by atoms with E-state index in [0.717, 1.165) is 16.4 Å². The number of oxime groups is 1. The second-order valence-electron chi connectivity index (χ2n) is 10.6. The van der Waals surface area contributed by atoms with Crippen molar-refractivity contribution in [2.75, 3.05) is 23.8 Å². The van der Waals surface area contributed by atoms with Gasteiger partial charge < -0.3 is 31.0 Å². The summed E-state index contributed by atoms with van der Waals surface area (Å²) in [5.41, 5.74) is 5.08. The van der Waals surface area contributed by atoms with Gasteiger partial charge >= 0.3 is 12.1 Å². The molecule has 2 aromatic rings. The summed E-state index contributed by atoms with van der Waals surface area (Å²) < 4.78 is 10.7. The van der Waals surface area contributed by atoms with E-state index in [9.17, 15) is 24.3 Å². The monoisotopic (exact) mass is 669 g/mol. The van der Waals surface area contributed by atoms with Crippen molar-refractivity contribution >= 4 is 69.8 Å². The zero-order valence-electron chi connectivity index (χ0n) is 24.3. The van der Waals surface area contributed by atoms with Crippen LogP contribution in [0.15, 0.2) is 21.6 Å². The van der Waals surface area contributed by atoms with Crippen molar-refractivity contribution in [3.05, 3.63) is 17.1 Å². The molecule has 2 aliphatic heterocycles. The summed E-state index contributed by atoms with van der Waals surface area (Å²) in [6.45, 7) is 9.15. The van der Waals surface area contributed by atoms with Crippen molar-refractivity contribution in [3.63, 3.8) is 0 Å². The minimum absolute atomic E-state index is 0.0565. The molecule has 44 heavy (non-hydrogen) atoms. The summed E-state index contributed by atoms with van der Waals surface area (Å²) in [5.74, 6) is -2.24. The largest absolute Gasteiger partial charge is 0.477 e. The number of aliphatic carboxylic acids is 1. The maximum Gasteiger partial charge on any atom is 0.407 e. The Balaban J connectivity index is 1.40. The van der Waals surface area contributed by atoms with Gasteiger partial charge in [-0.25, -0.2) is 14.3 Å². The van der Waals surface area contributed by atoms with E-state index in [1.54, 1.807) is 34.6 Å². The number of carboxylic acid groups (broad SMARTS) is 1. The number of anilines is 1. The van der Waals surface area contributed by atoms with Crippen LogP contribution < -0.4 is 16.4 Å². The SMILES string of the molecule is CC(C)O/N=C(/C(=O)NC1C(=O)N2C(C(=O)O)=C(CSc3nnnn3CCNC(=O)OC(C)(C)C)CSC12)c1nsc(N)n1. The zero-order chi connectivity index (χ0) is 32.2. The lowest BCUT2D eigenvalue weighted by Crippen LogP contribution is -2.71. The van der Waals surface area contributed by atoms with Gasteiger partial charge in [-0.15, -0.1) is 16.9 Å². The van der Waals surface area contributed by atoms with Gasteiger partial charge in [0.15, 0.2) is 5.13 Å². The van der Waals surface area contributed by atoms with E-state index in [1.807, 2.05) is 0 Å². The molecule has 2 atom stereocenters. The first kappa shape index (κ1) is 32.9. The van der Waals surface area contributed by atoms with Gasteiger partial charge in [-0.2, -0.15) is 9.36 Å². The maximum absolute atomic E-state index is 13.2. The molecular weight excluding hydrogens is 639 g/mol. The molecular formula is C23H31N11O7S3. The fourth-order valence-corrected chi connectivity index (χ4v) is 6.67. The van der Waals surface area contributed by atoms with Gasteiger partial charge in [0.05, 0.1) is 6.54 Å². The number of amides is 3. The third-order valence-electron chi connectivity index (χ3n) is 5.63. The third kappa shape index (κ3) is 7.94. The van der Waals surface area contributed by atoms with Crippen LogP contribution in [0.1, 0.15) is 40.4 Å². The maximum atomic E-state index is 13.2. The highest BCUT2D eigenvalue weighted by Crippen LogP contribution is 2.41. The summed E-state index contributed by atoms with van der Waals surface area (Å²) in [5, 5.41) is 30.5. The van der Waals surface area contributed by atoms with Gasteiger partial charge in [-0.3, -0.25) is 14.5 Å². The molecule has 18 nitrogen and oxygen atoms in total. The Bertz CT molecular complexity index is 1480. The Hall–Kier alpha value is -3.98. The number of nitrogen functional groups attached to an aromatic ring is 1. The summed E-state index contributed by atoms with van der Waals surface area (Å²) in [6, 6.07) is -1.01. The van der Waals surface area contributed by atoms with E-state index in [0.29, 0.717) is 10.7 Å². The molecule has 0 spiro atoms. The van der Waals surface area contributed by atoms with E-state index in [4.69, 9.17) is 15.3 Å². The summed E-state index contributed by atoms with van der Waals surface area (Å²) in [4.78, 5) is 60.8. The molecule has 0 saturated carbocycles. The molecule has 5 N–H and O–H groups in total. The molecule has 238 valence electrons. The number of nitrogens with zero attached hydrogens (tertiary/aromatic N) is 8. The van der Waals surface area contributed by atoms with E-state index < -0.39 is 40.9 Å². The Morgan fingerprint density at radius 1 is 1.30 bits per heavy atom. The van der Waals surface area contributed by atoms with Crippen molar-refractivity contribution in [2.45, 2.75) is 69.4 Å². The Morgan fingerprint density at radius 2 is 2.05 bits per heavy atom. The number of nitrogens with two attached hydrogens (primary N) is 1. The van der Waals surface area contributed by atoms with E-state index in [-0.39, 0.29) is 53.1 Å². The van der Waals surface area contributed by atoms with Crippen LogP contribution in [-0.4, -0.2) is 110 Å². The molecule has 2 aromatic heterocycles. The Kier molecular flexibility index (Phi) is 10.3. The summed E-state index contributed by atoms with van der Waals surface area (Å²) in [7, 11) is 0. The number of carboxylic acids is 1. The number of β-lactam (4-membered cyclic amide) rings is 1. The van der Waals surface area contributed by atoms with Crippen molar-refractivity contribution in [1.29, 1.82) is 0 Å². The van der Waals surface area contributed by atoms with Crippen molar-refractivity contribution in [2.24, 2.45) is 5.16 Å². The van der Waals surface area contributed by atoms with E-state index in [1.165, 1.54) is 28.2 Å². The second-order valence-corrected chi connectivity index (χ2v) is 13.4. The van der Waals surface area contributed by atoms with Crippen LogP contribution >= 0.6 is 35.1 Å². The molecule has 0 aliphatic carbocycles. The topological polar surface area (TPSA) is 242 Å². The van der Waals surface area contributed by atoms with Crippen molar-refractivity contribution in [1.82, 2.24) is 45.1 Å². The number of rotatable bonds is 12. The standard InChI is InChI=1S/C23H31N11O7S3/c1-10(2)41-29-12(15-27-20(24)44-30-15)16(35)26-13-17(36)34-14(19(37)38)11(8-42-18(13)34)9-43-21-28-31-32-33(21)7-6-25-22(39)40-23(3,4)5/h10,13,18H,6-9H2,1-5H3,(H,25,39)(H,26,35)(H,37,38)(H2,24,27,30)/b29-12+. The minimum Gasteiger partial charge on any atom is -0.477 e. The molecule has 0 aromatic carbocycles. The van der Waals surface area contributed by atoms with Crippen LogP contribution in [0, 0.1) is 0 Å². The number of alkyl carbamates (subject to hydrolysis) is 1. The number of tetrazole rings is 1. The summed E-state index contributed by atoms with van der Waals surface area (Å²) >= 11 is 3.36. The molecule has 4 rings (SSSR count). The molecule has 21 heteroatoms. The van der Waals surface area contributed by atoms with Crippen LogP contribution in [0.3, 0.4) is 0 Å². The van der Waals surface area contributed by atoms with Crippen molar-refractivity contribution < 1.29 is 33.9 Å². The number of nitrogens with one attached hydrogen (secondary N) is 2. The number of hydrogen-bond acceptors (Lipinski definition) is 16. The van der Waals surface area contributed by atoms with Crippen LogP contribution in [0.2, 0.25) is 0 Å². The smallest absolute Gasteiger partial charge is 0.407 e. The molecule has 4 heterocycles. The average molecular weight is 670 g/mol. The molecule has 0 radical (unpaired) electrons. The predicted molar refractivity (Wildman–Crippen MR) is 160 cm³/mol. The fourth-order valence-electron chi connectivity index (χ4n) is 3.85. The van der Waals surface area contributed by atoms with Gasteiger partial charge in [0.25, 0.3) is 11.8 Å². The second kappa shape index (κ2) is 13.8. The van der Waals surface area contributed by atoms with Gasteiger partial charge in [-0.1, -0.05) is 16.9 Å². The van der Waals surface area contributed by atoms with Crippen molar-refractivity contribution in [3.8, 4) is 0 Å². The predicted octanol–water partition coefficient (Wildman–Crippen LogP) is 0.292. The van der Waals surface area contributed by atoms with Crippen LogP contribution in [-0.2, 0) is 30.5 Å². The molecule has 0 bridgehead atoms. The highest BCUT2D eigenvalue weighted by atomic mass is 32.2. The number of hydrogen-bond donors (Lipinski definition) is 4. The fraction of sp³-hybridized carbons (Fsp3) is 0.565. The number of fused-ring (bicyclic) bond motifs is 1. The average Bonchev–Trinajstić information content (AvgIpc) is 3.57. The lowest BCUT2D eigenvalue weighted by atomic mass is 10.0. The zero-order valence-corrected chi connectivity index (χ0v) is 26.8. The lowest BCUT2D eigenvalue weighted by Gasteiger charge is -2.49. The number of ether oxygens (including phenoxy) is 1. The normalized spacial score (nSPS) is 18.5. The van der Waals surface area contributed by atoms with Crippen LogP contribution in [0.25, 0.3) is 0 Å². The Morgan fingerprint density at radius 3 is 2.68 bits per heavy atom. The van der Waals surface area contributed by atoms with Crippen LogP contribution in [0.5, 0.6) is 0 Å². The van der Waals surface area contributed by atoms with E-state index >= 15 is 0 Å². The number of carbonyl (C=O) groups is 4. The first-order valence-corrected chi connectivity index (χ1v) is 16.0. The lowest BCUT2D eigenvalue weighted by molar-refractivity contribution is -0.150. The number of thioether (sulfide) groups is 2. The molecule has 3 amide bonds. The number of carbonyl (C=O) groups excluding carboxylic acids is 3. The van der Waals surface area contributed by atoms with Gasteiger partial charge in [0.1, 0.15) is 28.8 Å². The first-order chi connectivity index (χ1) is 20.7. The molecule has 2 unspecified atom stereocenters. The molecule has 2 aliphatic rings. The minimum atomic E-state index is -1.28. The molecule has 1 fully saturated rings. The van der Waals surface area contributed by atoms with E-state index in [2.05, 4.69) is 40.7 Å². The first-order valence-electron chi connectivity index (χ1n) is 13.1. The Labute approximate surface area is 263 Å². The van der Waals surface area contributed by atoms with Gasteiger partial charge in [0, 0.05) is 29.6 Å². The van der Waals surface area contributed by atoms with Gasteiger partial charge in [-0.05, 0) is 50.6 Å². The van der Waals surface area contributed by atoms with Crippen LogP contribution in [0.4, 0.5) is 9.93 Å². The summed E-state index contributed by atoms with van der Waals surface area (Å²) in [6.07, 6.45) is -0.919. The highest BCUT2D eigenvalue weighted by molar-refractivity contribution is 8.01. The quantitative estimate of drug-likeness (QED) is 0.103. The molecule has 1 saturated heterocycles. The van der Waals surface area contributed by atoms with Gasteiger partial charge in [0.2, 0.25) is 16.7 Å². The number of aromatic nitrogens is 6.